The van der Waals surface area contributed by atoms with Crippen molar-refractivity contribution in [2.24, 2.45) is 0 Å². The lowest BCUT2D eigenvalue weighted by molar-refractivity contribution is -0.132. The van der Waals surface area contributed by atoms with Gasteiger partial charge < -0.3 is 14.7 Å². The van der Waals surface area contributed by atoms with Gasteiger partial charge in [-0.15, -0.1) is 0 Å². The predicted molar refractivity (Wildman–Crippen MR) is 69.1 cm³/mol. The van der Waals surface area contributed by atoms with E-state index in [-0.39, 0.29) is 5.91 Å². The van der Waals surface area contributed by atoms with Crippen LogP contribution in [0.1, 0.15) is 5.56 Å². The molecule has 1 aromatic carbocycles. The minimum Gasteiger partial charge on any atom is -0.496 e. The Bertz CT molecular complexity index is 395. The first kappa shape index (κ1) is 14.0. The van der Waals surface area contributed by atoms with E-state index >= 15 is 0 Å². The smallest absolute Gasteiger partial charge is 0.248 e. The van der Waals surface area contributed by atoms with Gasteiger partial charge in [0.2, 0.25) is 5.91 Å². The van der Waals surface area contributed by atoms with E-state index in [1.54, 1.807) is 14.2 Å². The number of benzene rings is 1. The van der Waals surface area contributed by atoms with Crippen LogP contribution in [0, 0.1) is 0 Å². The van der Waals surface area contributed by atoms with Gasteiger partial charge in [0.1, 0.15) is 12.4 Å². The van der Waals surface area contributed by atoms with Gasteiger partial charge in [-0.2, -0.15) is 0 Å². The van der Waals surface area contributed by atoms with Crippen molar-refractivity contribution in [3.05, 3.63) is 28.2 Å². The fraction of sp³-hybridized carbons (Fsp3) is 0.417. The zero-order chi connectivity index (χ0) is 12.8. The van der Waals surface area contributed by atoms with Gasteiger partial charge in [-0.1, -0.05) is 15.9 Å². The highest BCUT2D eigenvalue weighted by molar-refractivity contribution is 9.10. The summed E-state index contributed by atoms with van der Waals surface area (Å²) in [6.45, 7) is 0.0956. The summed E-state index contributed by atoms with van der Waals surface area (Å²) in [5.74, 6) is 0.525. The lowest BCUT2D eigenvalue weighted by Crippen LogP contribution is -2.31. The highest BCUT2D eigenvalue weighted by Crippen LogP contribution is 2.23. The molecule has 0 spiro atoms. The monoisotopic (exact) mass is 301 g/mol. The number of amides is 1. The SMILES string of the molecule is COc1ccc(Br)cc1CCN(C)C(=O)CO. The molecule has 0 atom stereocenters. The van der Waals surface area contributed by atoms with E-state index < -0.39 is 6.61 Å². The van der Waals surface area contributed by atoms with Crippen LogP contribution in [0.2, 0.25) is 0 Å². The molecule has 1 aromatic rings. The fourth-order valence-corrected chi connectivity index (χ4v) is 1.88. The van der Waals surface area contributed by atoms with Crippen LogP contribution in [0.25, 0.3) is 0 Å². The van der Waals surface area contributed by atoms with Crippen molar-refractivity contribution >= 4 is 21.8 Å². The Morgan fingerprint density at radius 2 is 2.24 bits per heavy atom. The molecule has 0 aliphatic carbocycles. The summed E-state index contributed by atoms with van der Waals surface area (Å²) in [6.07, 6.45) is 0.685. The van der Waals surface area contributed by atoms with Gasteiger partial charge in [-0.05, 0) is 30.2 Å². The maximum Gasteiger partial charge on any atom is 0.248 e. The van der Waals surface area contributed by atoms with E-state index in [2.05, 4.69) is 15.9 Å². The Hall–Kier alpha value is -1.07. The summed E-state index contributed by atoms with van der Waals surface area (Å²) >= 11 is 3.40. The lowest BCUT2D eigenvalue weighted by Gasteiger charge is -2.16. The van der Waals surface area contributed by atoms with E-state index in [1.807, 2.05) is 18.2 Å². The first-order chi connectivity index (χ1) is 8.08. The van der Waals surface area contributed by atoms with Crippen LogP contribution < -0.4 is 4.74 Å². The molecule has 0 aliphatic heterocycles. The first-order valence-corrected chi connectivity index (χ1v) is 6.05. The van der Waals surface area contributed by atoms with Crippen molar-refractivity contribution in [2.45, 2.75) is 6.42 Å². The molecule has 4 nitrogen and oxygen atoms in total. The van der Waals surface area contributed by atoms with Crippen LogP contribution in [0.3, 0.4) is 0 Å². The number of rotatable bonds is 5. The highest BCUT2D eigenvalue weighted by atomic mass is 79.9. The number of nitrogens with zero attached hydrogens (tertiary/aromatic N) is 1. The zero-order valence-corrected chi connectivity index (χ0v) is 11.5. The number of aliphatic hydroxyl groups excluding tert-OH is 1. The predicted octanol–water partition coefficient (Wildman–Crippen LogP) is 1.45. The van der Waals surface area contributed by atoms with E-state index in [0.29, 0.717) is 13.0 Å². The lowest BCUT2D eigenvalue weighted by atomic mass is 10.1. The van der Waals surface area contributed by atoms with Crippen molar-refractivity contribution in [3.63, 3.8) is 0 Å². The molecular formula is C12H16BrNO3. The maximum atomic E-state index is 11.2. The highest BCUT2D eigenvalue weighted by Gasteiger charge is 2.09. The van der Waals surface area contributed by atoms with E-state index in [4.69, 9.17) is 9.84 Å². The number of ether oxygens (including phenoxy) is 1. The van der Waals surface area contributed by atoms with Crippen LogP contribution in [0.15, 0.2) is 22.7 Å². The van der Waals surface area contributed by atoms with Crippen molar-refractivity contribution in [1.29, 1.82) is 0 Å². The number of hydrogen-bond donors (Lipinski definition) is 1. The third kappa shape index (κ3) is 4.02. The van der Waals surface area contributed by atoms with Gasteiger partial charge in [-0.3, -0.25) is 4.79 Å². The molecule has 17 heavy (non-hydrogen) atoms. The third-order valence-corrected chi connectivity index (χ3v) is 3.01. The second-order valence-electron chi connectivity index (χ2n) is 3.68. The second kappa shape index (κ2) is 6.61. The molecule has 0 aromatic heterocycles. The molecule has 0 saturated carbocycles. The van der Waals surface area contributed by atoms with Crippen LogP contribution in [-0.4, -0.2) is 43.2 Å². The Morgan fingerprint density at radius 1 is 1.53 bits per heavy atom. The number of halogens is 1. The summed E-state index contributed by atoms with van der Waals surface area (Å²) in [5, 5.41) is 8.72. The van der Waals surface area contributed by atoms with Crippen LogP contribution in [0.5, 0.6) is 5.75 Å². The molecule has 0 aliphatic rings. The van der Waals surface area contributed by atoms with Gasteiger partial charge in [0.25, 0.3) is 0 Å². The number of hydrogen-bond acceptors (Lipinski definition) is 3. The number of likely N-dealkylation sites (N-methyl/N-ethyl adjacent to an activating group) is 1. The molecule has 0 bridgehead atoms. The minimum absolute atomic E-state index is 0.279. The number of carbonyl (C=O) groups is 1. The van der Waals surface area contributed by atoms with Gasteiger partial charge in [-0.25, -0.2) is 0 Å². The van der Waals surface area contributed by atoms with Crippen molar-refractivity contribution in [2.75, 3.05) is 27.3 Å². The average Bonchev–Trinajstić information content (AvgIpc) is 2.35. The number of aliphatic hydroxyl groups is 1. The normalized spacial score (nSPS) is 10.1. The Morgan fingerprint density at radius 3 is 2.82 bits per heavy atom. The molecule has 1 amide bonds. The Labute approximate surface area is 109 Å². The minimum atomic E-state index is -0.452. The molecule has 0 unspecified atom stereocenters. The second-order valence-corrected chi connectivity index (χ2v) is 4.60. The van der Waals surface area contributed by atoms with Crippen molar-refractivity contribution in [3.8, 4) is 5.75 Å². The topological polar surface area (TPSA) is 49.8 Å². The fourth-order valence-electron chi connectivity index (χ4n) is 1.48. The summed E-state index contributed by atoms with van der Waals surface area (Å²) < 4.78 is 6.22. The van der Waals surface area contributed by atoms with Crippen LogP contribution >= 0.6 is 15.9 Å². The maximum absolute atomic E-state index is 11.2. The summed E-state index contributed by atoms with van der Waals surface area (Å²) in [5.41, 5.74) is 1.03. The third-order valence-electron chi connectivity index (χ3n) is 2.52. The standard InChI is InChI=1S/C12H16BrNO3/c1-14(12(16)8-15)6-5-9-7-10(13)3-4-11(9)17-2/h3-4,7,15H,5-6,8H2,1-2H3. The van der Waals surface area contributed by atoms with Gasteiger partial charge >= 0.3 is 0 Å². The Balaban J connectivity index is 2.68. The molecule has 0 radical (unpaired) electrons. The van der Waals surface area contributed by atoms with Crippen molar-refractivity contribution in [1.82, 2.24) is 4.90 Å². The van der Waals surface area contributed by atoms with Crippen molar-refractivity contribution < 1.29 is 14.6 Å². The van der Waals surface area contributed by atoms with Gasteiger partial charge in [0.15, 0.2) is 0 Å². The first-order valence-electron chi connectivity index (χ1n) is 5.25. The Kier molecular flexibility index (Phi) is 5.44. The molecule has 0 fully saturated rings. The molecule has 1 rings (SSSR count). The van der Waals surface area contributed by atoms with Gasteiger partial charge in [0, 0.05) is 18.1 Å². The quantitative estimate of drug-likeness (QED) is 0.895. The molecular weight excluding hydrogens is 286 g/mol. The number of methoxy groups -OCH3 is 1. The molecule has 1 N–H and O–H groups in total. The van der Waals surface area contributed by atoms with E-state index in [9.17, 15) is 4.79 Å². The number of carbonyl (C=O) groups excluding carboxylic acids is 1. The summed E-state index contributed by atoms with van der Waals surface area (Å²) in [6, 6.07) is 5.76. The van der Waals surface area contributed by atoms with Crippen LogP contribution in [-0.2, 0) is 11.2 Å². The van der Waals surface area contributed by atoms with E-state index in [0.717, 1.165) is 15.8 Å². The van der Waals surface area contributed by atoms with Gasteiger partial charge in [0.05, 0.1) is 7.11 Å². The molecule has 0 heterocycles. The molecule has 94 valence electrons. The summed E-state index contributed by atoms with van der Waals surface area (Å²) in [4.78, 5) is 12.7. The zero-order valence-electron chi connectivity index (χ0n) is 9.94. The largest absolute Gasteiger partial charge is 0.496 e. The average molecular weight is 302 g/mol. The summed E-state index contributed by atoms with van der Waals surface area (Å²) in [7, 11) is 3.29. The van der Waals surface area contributed by atoms with E-state index in [1.165, 1.54) is 4.90 Å². The molecule has 5 heteroatoms. The van der Waals surface area contributed by atoms with Crippen LogP contribution in [0.4, 0.5) is 0 Å². The molecule has 0 saturated heterocycles.